The van der Waals surface area contributed by atoms with E-state index >= 15 is 0 Å². The quantitative estimate of drug-likeness (QED) is 0.534. The standard InChI is InChI=1S/C7H12O2.C7H8/c1-5-6(8)9-7(2,3)4;1-7-5-3-2-4-6-7/h5H,1H2,2-4H3;2-6H,1H3. The lowest BCUT2D eigenvalue weighted by molar-refractivity contribution is -0.148. The molecule has 0 bridgehead atoms. The fraction of sp³-hybridized carbons (Fsp3) is 0.357. The van der Waals surface area contributed by atoms with Crippen molar-refractivity contribution < 1.29 is 9.53 Å². The minimum Gasteiger partial charge on any atom is -0.457 e. The van der Waals surface area contributed by atoms with Crippen LogP contribution in [-0.2, 0) is 9.53 Å². The van der Waals surface area contributed by atoms with Gasteiger partial charge in [0, 0.05) is 6.08 Å². The lowest BCUT2D eigenvalue weighted by atomic mass is 10.2. The van der Waals surface area contributed by atoms with Crippen molar-refractivity contribution in [1.82, 2.24) is 0 Å². The minimum atomic E-state index is -0.398. The number of aryl methyl sites for hydroxylation is 1. The highest BCUT2D eigenvalue weighted by Gasteiger charge is 2.12. The van der Waals surface area contributed by atoms with Crippen LogP contribution in [0.1, 0.15) is 26.3 Å². The average Bonchev–Trinajstić information content (AvgIpc) is 2.17. The summed E-state index contributed by atoms with van der Waals surface area (Å²) in [6.45, 7) is 10.8. The molecule has 0 aliphatic rings. The van der Waals surface area contributed by atoms with Gasteiger partial charge in [-0.15, -0.1) is 0 Å². The molecule has 0 aliphatic heterocycles. The Kier molecular flexibility index (Phi) is 6.16. The van der Waals surface area contributed by atoms with Gasteiger partial charge >= 0.3 is 5.97 Å². The van der Waals surface area contributed by atoms with Crippen molar-refractivity contribution in [3.05, 3.63) is 48.6 Å². The zero-order valence-electron chi connectivity index (χ0n) is 10.5. The van der Waals surface area contributed by atoms with Crippen LogP contribution in [0, 0.1) is 6.92 Å². The first-order valence-corrected chi connectivity index (χ1v) is 5.22. The second kappa shape index (κ2) is 6.83. The Balaban J connectivity index is 0.000000288. The number of carbonyl (C=O) groups is 1. The van der Waals surface area contributed by atoms with E-state index in [0.717, 1.165) is 6.08 Å². The van der Waals surface area contributed by atoms with Crippen LogP contribution in [0.15, 0.2) is 43.0 Å². The number of ether oxygens (including phenoxy) is 1. The van der Waals surface area contributed by atoms with Crippen molar-refractivity contribution in [1.29, 1.82) is 0 Å². The second-order valence-electron chi connectivity index (χ2n) is 4.39. The Morgan fingerprint density at radius 3 is 1.94 bits per heavy atom. The summed E-state index contributed by atoms with van der Waals surface area (Å²) < 4.78 is 4.83. The summed E-state index contributed by atoms with van der Waals surface area (Å²) in [6.07, 6.45) is 1.16. The molecule has 0 amide bonds. The van der Waals surface area contributed by atoms with Crippen molar-refractivity contribution >= 4 is 5.97 Å². The highest BCUT2D eigenvalue weighted by molar-refractivity contribution is 5.81. The Hall–Kier alpha value is -1.57. The van der Waals surface area contributed by atoms with Gasteiger partial charge in [0.1, 0.15) is 5.60 Å². The molecule has 0 aliphatic carbocycles. The van der Waals surface area contributed by atoms with Crippen LogP contribution in [0.5, 0.6) is 0 Å². The number of esters is 1. The van der Waals surface area contributed by atoms with Crippen LogP contribution in [-0.4, -0.2) is 11.6 Å². The largest absolute Gasteiger partial charge is 0.457 e. The maximum absolute atomic E-state index is 10.5. The molecule has 0 fully saturated rings. The van der Waals surface area contributed by atoms with E-state index in [-0.39, 0.29) is 5.97 Å². The Morgan fingerprint density at radius 1 is 1.25 bits per heavy atom. The molecule has 1 rings (SSSR count). The van der Waals surface area contributed by atoms with Crippen molar-refractivity contribution in [2.24, 2.45) is 0 Å². The molecule has 1 aromatic carbocycles. The molecule has 0 aromatic heterocycles. The predicted octanol–water partition coefficient (Wildman–Crippen LogP) is 3.51. The summed E-state index contributed by atoms with van der Waals surface area (Å²) in [5.41, 5.74) is 0.924. The van der Waals surface area contributed by atoms with Gasteiger partial charge in [0.05, 0.1) is 0 Å². The first kappa shape index (κ1) is 14.4. The van der Waals surface area contributed by atoms with Crippen molar-refractivity contribution in [2.45, 2.75) is 33.3 Å². The SMILES string of the molecule is C=CC(=O)OC(C)(C)C.Cc1ccccc1. The number of hydrogen-bond donors (Lipinski definition) is 0. The Labute approximate surface area is 97.9 Å². The van der Waals surface area contributed by atoms with Gasteiger partial charge in [-0.2, -0.15) is 0 Å². The van der Waals surface area contributed by atoms with Gasteiger partial charge in [0.25, 0.3) is 0 Å². The molecular weight excluding hydrogens is 200 g/mol. The molecule has 1 aromatic rings. The number of carbonyl (C=O) groups excluding carboxylic acids is 1. The summed E-state index contributed by atoms with van der Waals surface area (Å²) in [4.78, 5) is 10.5. The molecule has 88 valence electrons. The van der Waals surface area contributed by atoms with Crippen LogP contribution >= 0.6 is 0 Å². The molecular formula is C14H20O2. The molecule has 0 atom stereocenters. The third kappa shape index (κ3) is 9.00. The molecule has 16 heavy (non-hydrogen) atoms. The highest BCUT2D eigenvalue weighted by Crippen LogP contribution is 2.06. The Morgan fingerprint density at radius 2 is 1.75 bits per heavy atom. The molecule has 2 heteroatoms. The van der Waals surface area contributed by atoms with Gasteiger partial charge in [-0.1, -0.05) is 42.5 Å². The maximum Gasteiger partial charge on any atom is 0.330 e. The van der Waals surface area contributed by atoms with Crippen LogP contribution in [0.2, 0.25) is 0 Å². The van der Waals surface area contributed by atoms with Crippen molar-refractivity contribution in [2.75, 3.05) is 0 Å². The maximum atomic E-state index is 10.5. The van der Waals surface area contributed by atoms with Crippen LogP contribution < -0.4 is 0 Å². The first-order chi connectivity index (χ1) is 7.35. The number of hydrogen-bond acceptors (Lipinski definition) is 2. The molecule has 0 saturated carbocycles. The molecule has 0 spiro atoms. The fourth-order valence-corrected chi connectivity index (χ4v) is 0.878. The topological polar surface area (TPSA) is 26.3 Å². The number of benzene rings is 1. The summed E-state index contributed by atoms with van der Waals surface area (Å²) in [6, 6.07) is 10.3. The van der Waals surface area contributed by atoms with Crippen LogP contribution in [0.25, 0.3) is 0 Å². The van der Waals surface area contributed by atoms with Gasteiger partial charge in [-0.25, -0.2) is 4.79 Å². The zero-order valence-corrected chi connectivity index (χ0v) is 10.5. The molecule has 0 radical (unpaired) electrons. The third-order valence-corrected chi connectivity index (χ3v) is 1.51. The minimum absolute atomic E-state index is 0.373. The van der Waals surface area contributed by atoms with E-state index in [2.05, 4.69) is 25.6 Å². The smallest absolute Gasteiger partial charge is 0.330 e. The summed E-state index contributed by atoms with van der Waals surface area (Å²) >= 11 is 0. The lowest BCUT2D eigenvalue weighted by Gasteiger charge is -2.17. The zero-order chi connectivity index (χ0) is 12.6. The van der Waals surface area contributed by atoms with Gasteiger partial charge in [-0.05, 0) is 27.7 Å². The van der Waals surface area contributed by atoms with E-state index in [9.17, 15) is 4.79 Å². The van der Waals surface area contributed by atoms with Gasteiger partial charge in [-0.3, -0.25) is 0 Å². The average molecular weight is 220 g/mol. The van der Waals surface area contributed by atoms with Gasteiger partial charge in [0.2, 0.25) is 0 Å². The third-order valence-electron chi connectivity index (χ3n) is 1.51. The van der Waals surface area contributed by atoms with Gasteiger partial charge in [0.15, 0.2) is 0 Å². The van der Waals surface area contributed by atoms with E-state index in [1.165, 1.54) is 5.56 Å². The molecule has 2 nitrogen and oxygen atoms in total. The van der Waals surface area contributed by atoms with Crippen LogP contribution in [0.4, 0.5) is 0 Å². The monoisotopic (exact) mass is 220 g/mol. The molecule has 0 N–H and O–H groups in total. The second-order valence-corrected chi connectivity index (χ2v) is 4.39. The van der Waals surface area contributed by atoms with Crippen molar-refractivity contribution in [3.63, 3.8) is 0 Å². The van der Waals surface area contributed by atoms with Gasteiger partial charge < -0.3 is 4.74 Å². The van der Waals surface area contributed by atoms with Crippen molar-refractivity contribution in [3.8, 4) is 0 Å². The molecule has 0 heterocycles. The lowest BCUT2D eigenvalue weighted by Crippen LogP contribution is -2.22. The fourth-order valence-electron chi connectivity index (χ4n) is 0.878. The van der Waals surface area contributed by atoms with E-state index in [0.29, 0.717) is 0 Å². The predicted molar refractivity (Wildman–Crippen MR) is 67.2 cm³/mol. The van der Waals surface area contributed by atoms with E-state index in [1.807, 2.05) is 39.0 Å². The first-order valence-electron chi connectivity index (χ1n) is 5.22. The molecule has 0 unspecified atom stereocenters. The summed E-state index contributed by atoms with van der Waals surface area (Å²) in [5, 5.41) is 0. The van der Waals surface area contributed by atoms with E-state index in [4.69, 9.17) is 4.74 Å². The summed E-state index contributed by atoms with van der Waals surface area (Å²) in [7, 11) is 0. The van der Waals surface area contributed by atoms with Crippen LogP contribution in [0.3, 0.4) is 0 Å². The van der Waals surface area contributed by atoms with E-state index in [1.54, 1.807) is 0 Å². The highest BCUT2D eigenvalue weighted by atomic mass is 16.6. The Bertz CT molecular complexity index is 320. The summed E-state index contributed by atoms with van der Waals surface area (Å²) in [5.74, 6) is -0.373. The molecule has 0 saturated heterocycles. The normalized spacial score (nSPS) is 9.75. The van der Waals surface area contributed by atoms with E-state index < -0.39 is 5.60 Å². The number of rotatable bonds is 1.